The van der Waals surface area contributed by atoms with Crippen molar-refractivity contribution >= 4 is 17.5 Å². The van der Waals surface area contributed by atoms with Gasteiger partial charge in [0.05, 0.1) is 5.75 Å². The van der Waals surface area contributed by atoms with Gasteiger partial charge in [0, 0.05) is 11.7 Å². The molecule has 1 aliphatic carbocycles. The molecule has 2 atom stereocenters. The lowest BCUT2D eigenvalue weighted by atomic mass is 9.73. The summed E-state index contributed by atoms with van der Waals surface area (Å²) >= 11 is 1.80. The minimum atomic E-state index is 0.341. The second-order valence-electron chi connectivity index (χ2n) is 4.51. The number of benzene rings is 1. The molecule has 2 heteroatoms. The molecule has 1 aromatic rings. The predicted octanol–water partition coefficient (Wildman–Crippen LogP) is 2.65. The number of carbonyl (C=O) groups excluding carboxylic acids is 1. The fourth-order valence-electron chi connectivity index (χ4n) is 2.63. The van der Waals surface area contributed by atoms with Gasteiger partial charge in [-0.3, -0.25) is 4.79 Å². The molecule has 1 aromatic carbocycles. The lowest BCUT2D eigenvalue weighted by Gasteiger charge is -2.31. The molecule has 0 spiro atoms. The number of carbonyl (C=O) groups is 1. The summed E-state index contributed by atoms with van der Waals surface area (Å²) in [5.41, 5.74) is 2.97. The van der Waals surface area contributed by atoms with E-state index in [2.05, 4.69) is 24.3 Å². The maximum absolute atomic E-state index is 11.5. The van der Waals surface area contributed by atoms with Gasteiger partial charge in [0.15, 0.2) is 0 Å². The molecule has 0 aromatic heterocycles. The highest BCUT2D eigenvalue weighted by Gasteiger charge is 2.32. The second kappa shape index (κ2) is 3.67. The Morgan fingerprint density at radius 3 is 2.87 bits per heavy atom. The molecule has 1 saturated heterocycles. The molecular weight excluding hydrogens is 204 g/mol. The Kier molecular flexibility index (Phi) is 2.32. The topological polar surface area (TPSA) is 17.1 Å². The van der Waals surface area contributed by atoms with E-state index in [1.165, 1.54) is 17.5 Å². The zero-order valence-electron chi connectivity index (χ0n) is 8.61. The van der Waals surface area contributed by atoms with E-state index in [1.807, 2.05) is 0 Å². The maximum atomic E-state index is 11.5. The smallest absolute Gasteiger partial charge is 0.146 e. The van der Waals surface area contributed by atoms with Crippen molar-refractivity contribution in [3.63, 3.8) is 0 Å². The monoisotopic (exact) mass is 218 g/mol. The van der Waals surface area contributed by atoms with E-state index in [9.17, 15) is 4.79 Å². The summed E-state index contributed by atoms with van der Waals surface area (Å²) in [6.07, 6.45) is 2.27. The van der Waals surface area contributed by atoms with Crippen LogP contribution < -0.4 is 0 Å². The van der Waals surface area contributed by atoms with Crippen molar-refractivity contribution in [2.45, 2.75) is 18.8 Å². The average molecular weight is 218 g/mol. The molecule has 1 nitrogen and oxygen atoms in total. The summed E-state index contributed by atoms with van der Waals surface area (Å²) in [6.45, 7) is 0. The quantitative estimate of drug-likeness (QED) is 0.759. The molecule has 2 aliphatic rings. The lowest BCUT2D eigenvalue weighted by Crippen LogP contribution is -2.23. The van der Waals surface area contributed by atoms with Crippen LogP contribution in [-0.4, -0.2) is 17.3 Å². The number of hydrogen-bond donors (Lipinski definition) is 0. The van der Waals surface area contributed by atoms with Crippen LogP contribution in [0, 0.1) is 5.92 Å². The fraction of sp³-hybridized carbons (Fsp3) is 0.462. The van der Waals surface area contributed by atoms with Crippen LogP contribution in [0.15, 0.2) is 24.3 Å². The number of thioether (sulfide) groups is 1. The van der Waals surface area contributed by atoms with Gasteiger partial charge < -0.3 is 0 Å². The minimum Gasteiger partial charge on any atom is -0.298 e. The zero-order valence-corrected chi connectivity index (χ0v) is 9.43. The Hall–Kier alpha value is -0.760. The van der Waals surface area contributed by atoms with Crippen molar-refractivity contribution in [1.29, 1.82) is 0 Å². The van der Waals surface area contributed by atoms with Gasteiger partial charge in [-0.05, 0) is 29.9 Å². The number of hydrogen-bond acceptors (Lipinski definition) is 2. The van der Waals surface area contributed by atoms with Crippen LogP contribution >= 0.6 is 11.8 Å². The first-order valence-electron chi connectivity index (χ1n) is 5.53. The van der Waals surface area contributed by atoms with Crippen LogP contribution in [0.2, 0.25) is 0 Å². The van der Waals surface area contributed by atoms with E-state index in [0.717, 1.165) is 17.9 Å². The number of fused-ring (bicyclic) bond motifs is 1. The average Bonchev–Trinajstić information content (AvgIpc) is 2.61. The van der Waals surface area contributed by atoms with Gasteiger partial charge >= 0.3 is 0 Å². The van der Waals surface area contributed by atoms with Crippen LogP contribution in [0.25, 0.3) is 0 Å². The van der Waals surface area contributed by atoms with Crippen molar-refractivity contribution < 1.29 is 4.79 Å². The first-order chi connectivity index (χ1) is 7.34. The predicted molar refractivity (Wildman–Crippen MR) is 63.3 cm³/mol. The van der Waals surface area contributed by atoms with Gasteiger partial charge in [-0.25, -0.2) is 0 Å². The lowest BCUT2D eigenvalue weighted by molar-refractivity contribution is -0.119. The van der Waals surface area contributed by atoms with Gasteiger partial charge in [-0.1, -0.05) is 24.3 Å². The van der Waals surface area contributed by atoms with E-state index >= 15 is 0 Å². The molecular formula is C13H14OS. The fourth-order valence-corrected chi connectivity index (χ4v) is 3.79. The normalized spacial score (nSPS) is 28.7. The minimum absolute atomic E-state index is 0.341. The molecule has 15 heavy (non-hydrogen) atoms. The summed E-state index contributed by atoms with van der Waals surface area (Å²) in [5.74, 6) is 3.28. The molecule has 0 saturated carbocycles. The van der Waals surface area contributed by atoms with Crippen LogP contribution in [-0.2, 0) is 11.2 Å². The largest absolute Gasteiger partial charge is 0.298 e. The summed E-state index contributed by atoms with van der Waals surface area (Å²) in [5, 5.41) is 0. The van der Waals surface area contributed by atoms with E-state index in [4.69, 9.17) is 0 Å². The zero-order chi connectivity index (χ0) is 10.3. The summed E-state index contributed by atoms with van der Waals surface area (Å²) in [6, 6.07) is 8.63. The molecule has 0 amide bonds. The summed E-state index contributed by atoms with van der Waals surface area (Å²) in [7, 11) is 0. The van der Waals surface area contributed by atoms with Gasteiger partial charge in [0.25, 0.3) is 0 Å². The molecule has 0 bridgehead atoms. The van der Waals surface area contributed by atoms with Crippen molar-refractivity contribution in [2.24, 2.45) is 5.92 Å². The number of rotatable bonds is 2. The first kappa shape index (κ1) is 9.46. The molecule has 0 N–H and O–H groups in total. The van der Waals surface area contributed by atoms with Crippen LogP contribution in [0.5, 0.6) is 0 Å². The summed E-state index contributed by atoms with van der Waals surface area (Å²) < 4.78 is 0. The Bertz CT molecular complexity index is 399. The van der Waals surface area contributed by atoms with E-state index < -0.39 is 0 Å². The SMILES string of the molecule is O=C1CSCC1CC1Cc2ccccc21. The molecule has 1 aliphatic heterocycles. The Morgan fingerprint density at radius 1 is 1.27 bits per heavy atom. The first-order valence-corrected chi connectivity index (χ1v) is 6.68. The maximum Gasteiger partial charge on any atom is 0.146 e. The molecule has 78 valence electrons. The van der Waals surface area contributed by atoms with Crippen molar-refractivity contribution in [3.8, 4) is 0 Å². The second-order valence-corrected chi connectivity index (χ2v) is 5.54. The molecule has 3 rings (SSSR count). The third-order valence-electron chi connectivity index (χ3n) is 3.55. The Balaban J connectivity index is 1.70. The highest BCUT2D eigenvalue weighted by Crippen LogP contribution is 2.41. The third kappa shape index (κ3) is 1.61. The van der Waals surface area contributed by atoms with Gasteiger partial charge in [-0.2, -0.15) is 11.8 Å². The Labute approximate surface area is 94.3 Å². The van der Waals surface area contributed by atoms with E-state index in [-0.39, 0.29) is 0 Å². The standard InChI is InChI=1S/C13H14OS/c14-13-8-15-7-11(13)6-10-5-9-3-1-2-4-12(9)10/h1-4,10-11H,5-8H2. The third-order valence-corrected chi connectivity index (χ3v) is 4.68. The molecule has 0 radical (unpaired) electrons. The van der Waals surface area contributed by atoms with Gasteiger partial charge in [-0.15, -0.1) is 0 Å². The van der Waals surface area contributed by atoms with Crippen LogP contribution in [0.4, 0.5) is 0 Å². The van der Waals surface area contributed by atoms with Crippen molar-refractivity contribution in [1.82, 2.24) is 0 Å². The van der Waals surface area contributed by atoms with Crippen LogP contribution in [0.3, 0.4) is 0 Å². The number of ketones is 1. The van der Waals surface area contributed by atoms with Crippen molar-refractivity contribution in [3.05, 3.63) is 35.4 Å². The number of Topliss-reactive ketones (excluding diaryl/α,β-unsaturated/α-hetero) is 1. The van der Waals surface area contributed by atoms with Crippen molar-refractivity contribution in [2.75, 3.05) is 11.5 Å². The van der Waals surface area contributed by atoms with Gasteiger partial charge in [0.2, 0.25) is 0 Å². The van der Waals surface area contributed by atoms with Gasteiger partial charge in [0.1, 0.15) is 5.78 Å². The Morgan fingerprint density at radius 2 is 2.13 bits per heavy atom. The van der Waals surface area contributed by atoms with Crippen LogP contribution in [0.1, 0.15) is 23.5 Å². The van der Waals surface area contributed by atoms with E-state index in [1.54, 1.807) is 11.8 Å². The molecule has 1 heterocycles. The molecule has 1 fully saturated rings. The van der Waals surface area contributed by atoms with E-state index in [0.29, 0.717) is 17.6 Å². The molecule has 2 unspecified atom stereocenters. The summed E-state index contributed by atoms with van der Waals surface area (Å²) in [4.78, 5) is 11.5. The highest BCUT2D eigenvalue weighted by atomic mass is 32.2. The highest BCUT2D eigenvalue weighted by molar-refractivity contribution is 8.00.